The summed E-state index contributed by atoms with van der Waals surface area (Å²) >= 11 is 0. The van der Waals surface area contributed by atoms with Gasteiger partial charge in [-0.3, -0.25) is 4.90 Å². The standard InChI is InChI=1S/C25H17F3N4O2/c1-14-21(24-30-23(31-34-24)15-8-10-17(26)11-9-15)22(16-4-2-5-18(27)12-16)29-25(33)32(14)20-7-3-6-19(28)13-20/h2-13,22H,1H3,(H,29,33). The summed E-state index contributed by atoms with van der Waals surface area (Å²) in [6.07, 6.45) is 0. The molecule has 2 heterocycles. The second-order valence-electron chi connectivity index (χ2n) is 7.68. The number of hydrogen-bond acceptors (Lipinski definition) is 4. The summed E-state index contributed by atoms with van der Waals surface area (Å²) in [5.74, 6) is -1.11. The Bertz CT molecular complexity index is 1420. The van der Waals surface area contributed by atoms with Crippen LogP contribution in [0.1, 0.15) is 24.4 Å². The van der Waals surface area contributed by atoms with E-state index in [-0.39, 0.29) is 11.7 Å². The van der Waals surface area contributed by atoms with Crippen molar-refractivity contribution in [3.05, 3.63) is 107 Å². The first-order valence-corrected chi connectivity index (χ1v) is 10.3. The van der Waals surface area contributed by atoms with Crippen molar-refractivity contribution in [2.75, 3.05) is 4.90 Å². The van der Waals surface area contributed by atoms with Crippen LogP contribution >= 0.6 is 0 Å². The van der Waals surface area contributed by atoms with E-state index in [1.165, 1.54) is 65.6 Å². The molecule has 1 aliphatic heterocycles. The molecule has 5 rings (SSSR count). The quantitative estimate of drug-likeness (QED) is 0.413. The Morgan fingerprint density at radius 3 is 2.32 bits per heavy atom. The van der Waals surface area contributed by atoms with Gasteiger partial charge >= 0.3 is 6.03 Å². The highest BCUT2D eigenvalue weighted by Crippen LogP contribution is 2.39. The number of hydrogen-bond donors (Lipinski definition) is 1. The molecule has 1 unspecified atom stereocenters. The number of allylic oxidation sites excluding steroid dienone is 1. The monoisotopic (exact) mass is 462 g/mol. The molecule has 1 atom stereocenters. The first-order valence-electron chi connectivity index (χ1n) is 10.3. The zero-order valence-corrected chi connectivity index (χ0v) is 17.8. The van der Waals surface area contributed by atoms with Crippen LogP contribution in [0.15, 0.2) is 83.0 Å². The van der Waals surface area contributed by atoms with Crippen molar-refractivity contribution in [1.29, 1.82) is 0 Å². The third kappa shape index (κ3) is 3.92. The van der Waals surface area contributed by atoms with Crippen molar-refractivity contribution < 1.29 is 22.5 Å². The molecule has 0 aliphatic carbocycles. The van der Waals surface area contributed by atoms with E-state index in [0.29, 0.717) is 28.1 Å². The average molecular weight is 462 g/mol. The van der Waals surface area contributed by atoms with Gasteiger partial charge in [-0.05, 0) is 67.1 Å². The summed E-state index contributed by atoms with van der Waals surface area (Å²) in [6, 6.07) is 15.6. The summed E-state index contributed by atoms with van der Waals surface area (Å²) in [5, 5.41) is 6.82. The van der Waals surface area contributed by atoms with E-state index in [1.54, 1.807) is 19.1 Å². The summed E-state index contributed by atoms with van der Waals surface area (Å²) in [6.45, 7) is 1.66. The van der Waals surface area contributed by atoms with Crippen LogP contribution < -0.4 is 10.2 Å². The number of rotatable bonds is 4. The molecule has 0 spiro atoms. The van der Waals surface area contributed by atoms with Gasteiger partial charge in [0.2, 0.25) is 5.82 Å². The minimum atomic E-state index is -0.811. The minimum Gasteiger partial charge on any atom is -0.334 e. The molecule has 9 heteroatoms. The van der Waals surface area contributed by atoms with Crippen LogP contribution in [0.25, 0.3) is 17.0 Å². The van der Waals surface area contributed by atoms with Crippen LogP contribution in [0.5, 0.6) is 0 Å². The summed E-state index contributed by atoms with van der Waals surface area (Å²) in [5.41, 5.74) is 2.10. The topological polar surface area (TPSA) is 71.3 Å². The van der Waals surface area contributed by atoms with Gasteiger partial charge in [-0.2, -0.15) is 4.98 Å². The lowest BCUT2D eigenvalue weighted by Crippen LogP contribution is -2.46. The number of amides is 2. The summed E-state index contributed by atoms with van der Waals surface area (Å²) in [7, 11) is 0. The zero-order chi connectivity index (χ0) is 23.8. The minimum absolute atomic E-state index is 0.0764. The van der Waals surface area contributed by atoms with E-state index in [4.69, 9.17) is 4.52 Å². The van der Waals surface area contributed by atoms with Gasteiger partial charge in [-0.15, -0.1) is 0 Å². The van der Waals surface area contributed by atoms with Crippen molar-refractivity contribution >= 4 is 17.3 Å². The second kappa shape index (κ2) is 8.51. The van der Waals surface area contributed by atoms with E-state index in [9.17, 15) is 18.0 Å². The fraction of sp³-hybridized carbons (Fsp3) is 0.0800. The Morgan fingerprint density at radius 2 is 1.62 bits per heavy atom. The molecule has 1 aliphatic rings. The maximum absolute atomic E-state index is 14.0. The lowest BCUT2D eigenvalue weighted by atomic mass is 9.94. The number of carbonyl (C=O) groups excluding carboxylic acids is 1. The number of carbonyl (C=O) groups is 1. The Morgan fingerprint density at radius 1 is 0.912 bits per heavy atom. The third-order valence-corrected chi connectivity index (χ3v) is 5.49. The number of anilines is 1. The molecule has 0 bridgehead atoms. The molecule has 34 heavy (non-hydrogen) atoms. The normalized spacial score (nSPS) is 16.1. The van der Waals surface area contributed by atoms with Crippen LogP contribution in [0.2, 0.25) is 0 Å². The van der Waals surface area contributed by atoms with Crippen LogP contribution in [-0.2, 0) is 0 Å². The first kappa shape index (κ1) is 21.4. The van der Waals surface area contributed by atoms with Crippen LogP contribution in [0, 0.1) is 17.5 Å². The number of urea groups is 1. The van der Waals surface area contributed by atoms with Crippen molar-refractivity contribution in [3.63, 3.8) is 0 Å². The SMILES string of the molecule is CC1=C(c2nc(-c3ccc(F)cc3)no2)C(c2cccc(F)c2)NC(=O)N1c1cccc(F)c1. The van der Waals surface area contributed by atoms with Gasteiger partial charge in [-0.25, -0.2) is 18.0 Å². The maximum Gasteiger partial charge on any atom is 0.327 e. The molecule has 1 aromatic heterocycles. The third-order valence-electron chi connectivity index (χ3n) is 5.49. The lowest BCUT2D eigenvalue weighted by Gasteiger charge is -2.35. The molecule has 0 saturated carbocycles. The van der Waals surface area contributed by atoms with Crippen molar-refractivity contribution in [2.45, 2.75) is 13.0 Å². The van der Waals surface area contributed by atoms with E-state index in [1.807, 2.05) is 0 Å². The summed E-state index contributed by atoms with van der Waals surface area (Å²) < 4.78 is 46.8. The molecule has 1 N–H and O–H groups in total. The molecule has 0 fully saturated rings. The highest BCUT2D eigenvalue weighted by molar-refractivity contribution is 6.01. The zero-order valence-electron chi connectivity index (χ0n) is 17.8. The number of nitrogens with zero attached hydrogens (tertiary/aromatic N) is 3. The number of halogens is 3. The second-order valence-corrected chi connectivity index (χ2v) is 7.68. The Hall–Kier alpha value is -4.40. The fourth-order valence-corrected chi connectivity index (χ4v) is 3.93. The molecule has 3 aromatic carbocycles. The average Bonchev–Trinajstić information content (AvgIpc) is 3.29. The van der Waals surface area contributed by atoms with Crippen molar-refractivity contribution in [2.24, 2.45) is 0 Å². The van der Waals surface area contributed by atoms with Crippen LogP contribution in [0.4, 0.5) is 23.7 Å². The van der Waals surface area contributed by atoms with Crippen LogP contribution in [-0.4, -0.2) is 16.2 Å². The van der Waals surface area contributed by atoms with Crippen molar-refractivity contribution in [3.8, 4) is 11.4 Å². The van der Waals surface area contributed by atoms with Gasteiger partial charge in [0.25, 0.3) is 5.89 Å². The first-order chi connectivity index (χ1) is 16.4. The molecule has 2 amide bonds. The van der Waals surface area contributed by atoms with E-state index >= 15 is 0 Å². The van der Waals surface area contributed by atoms with Gasteiger partial charge in [0, 0.05) is 11.3 Å². The Labute approximate surface area is 192 Å². The smallest absolute Gasteiger partial charge is 0.327 e. The van der Waals surface area contributed by atoms with Crippen molar-refractivity contribution in [1.82, 2.24) is 15.5 Å². The van der Waals surface area contributed by atoms with E-state index in [2.05, 4.69) is 15.5 Å². The molecular weight excluding hydrogens is 445 g/mol. The number of nitrogens with one attached hydrogen (secondary N) is 1. The molecule has 4 aromatic rings. The Kier molecular flexibility index (Phi) is 5.37. The predicted octanol–water partition coefficient (Wildman–Crippen LogP) is 5.86. The molecule has 6 nitrogen and oxygen atoms in total. The molecule has 0 radical (unpaired) electrons. The lowest BCUT2D eigenvalue weighted by molar-refractivity contribution is 0.244. The highest BCUT2D eigenvalue weighted by atomic mass is 19.1. The van der Waals surface area contributed by atoms with E-state index < -0.39 is 29.5 Å². The van der Waals surface area contributed by atoms with Gasteiger partial charge in [0.15, 0.2) is 0 Å². The summed E-state index contributed by atoms with van der Waals surface area (Å²) in [4.78, 5) is 18.8. The maximum atomic E-state index is 14.0. The fourth-order valence-electron chi connectivity index (χ4n) is 3.93. The highest BCUT2D eigenvalue weighted by Gasteiger charge is 2.36. The van der Waals surface area contributed by atoms with Gasteiger partial charge < -0.3 is 9.84 Å². The molecule has 170 valence electrons. The van der Waals surface area contributed by atoms with Gasteiger partial charge in [0.1, 0.15) is 17.5 Å². The number of benzene rings is 3. The Balaban J connectivity index is 1.66. The molecular formula is C25H17F3N4O2. The van der Waals surface area contributed by atoms with Gasteiger partial charge in [0.05, 0.1) is 17.3 Å². The largest absolute Gasteiger partial charge is 0.334 e. The van der Waals surface area contributed by atoms with Gasteiger partial charge in [-0.1, -0.05) is 23.4 Å². The predicted molar refractivity (Wildman–Crippen MR) is 119 cm³/mol. The van der Waals surface area contributed by atoms with E-state index in [0.717, 1.165) is 0 Å². The van der Waals surface area contributed by atoms with Crippen LogP contribution in [0.3, 0.4) is 0 Å². The number of aromatic nitrogens is 2. The molecule has 0 saturated heterocycles.